The van der Waals surface area contributed by atoms with Crippen LogP contribution < -0.4 is 0 Å². The van der Waals surface area contributed by atoms with Crippen molar-refractivity contribution in [2.75, 3.05) is 14.1 Å². The number of carbonyl (C=O) groups excluding carboxylic acids is 1. The minimum absolute atomic E-state index is 0.0153. The SMILES string of the molecule is CN(C)C(=O)[C@@H](Sc1nnc(-c2cccs2)n1-c1ccccc1)c1ccccc1. The predicted octanol–water partition coefficient (Wildman–Crippen LogP) is 4.92. The maximum atomic E-state index is 13.0. The molecule has 0 saturated carbocycles. The summed E-state index contributed by atoms with van der Waals surface area (Å²) in [5.41, 5.74) is 1.91. The van der Waals surface area contributed by atoms with Gasteiger partial charge in [0.15, 0.2) is 11.0 Å². The van der Waals surface area contributed by atoms with Crippen LogP contribution in [0.2, 0.25) is 0 Å². The highest BCUT2D eigenvalue weighted by molar-refractivity contribution is 8.00. The Bertz CT molecular complexity index is 1080. The van der Waals surface area contributed by atoms with E-state index >= 15 is 0 Å². The molecule has 0 aliphatic carbocycles. The zero-order valence-electron chi connectivity index (χ0n) is 16.1. The number of hydrogen-bond acceptors (Lipinski definition) is 5. The normalized spacial score (nSPS) is 11.9. The first-order valence-electron chi connectivity index (χ1n) is 9.12. The molecule has 0 fully saturated rings. The molecular formula is C22H20N4OS2. The number of para-hydroxylation sites is 1. The highest BCUT2D eigenvalue weighted by Gasteiger charge is 2.27. The Balaban J connectivity index is 1.81. The lowest BCUT2D eigenvalue weighted by atomic mass is 10.1. The first-order valence-corrected chi connectivity index (χ1v) is 10.9. The molecule has 0 radical (unpaired) electrons. The number of thioether (sulfide) groups is 1. The lowest BCUT2D eigenvalue weighted by Gasteiger charge is -2.20. The van der Waals surface area contributed by atoms with Crippen molar-refractivity contribution < 1.29 is 4.79 Å². The van der Waals surface area contributed by atoms with Gasteiger partial charge in [0.05, 0.1) is 4.88 Å². The molecule has 2 heterocycles. The van der Waals surface area contributed by atoms with Crippen LogP contribution in [-0.4, -0.2) is 39.7 Å². The second-order valence-electron chi connectivity index (χ2n) is 6.60. The van der Waals surface area contributed by atoms with Crippen molar-refractivity contribution >= 4 is 29.0 Å². The van der Waals surface area contributed by atoms with E-state index in [2.05, 4.69) is 10.2 Å². The van der Waals surface area contributed by atoms with Crippen molar-refractivity contribution in [3.05, 3.63) is 83.7 Å². The summed E-state index contributed by atoms with van der Waals surface area (Å²) in [5.74, 6) is 0.791. The number of aromatic nitrogens is 3. The highest BCUT2D eigenvalue weighted by Crippen LogP contribution is 2.38. The summed E-state index contributed by atoms with van der Waals surface area (Å²) >= 11 is 3.04. The van der Waals surface area contributed by atoms with Crippen molar-refractivity contribution in [2.45, 2.75) is 10.4 Å². The van der Waals surface area contributed by atoms with Crippen molar-refractivity contribution in [1.29, 1.82) is 0 Å². The van der Waals surface area contributed by atoms with Gasteiger partial charge in [0.2, 0.25) is 5.91 Å². The molecule has 1 amide bonds. The summed E-state index contributed by atoms with van der Waals surface area (Å²) < 4.78 is 2.02. The zero-order chi connectivity index (χ0) is 20.2. The molecule has 4 rings (SSSR count). The molecular weight excluding hydrogens is 400 g/mol. The molecule has 7 heteroatoms. The number of nitrogens with zero attached hydrogens (tertiary/aromatic N) is 4. The maximum Gasteiger partial charge on any atom is 0.240 e. The Morgan fingerprint density at radius 3 is 2.28 bits per heavy atom. The molecule has 0 spiro atoms. The fourth-order valence-corrected chi connectivity index (χ4v) is 4.85. The minimum atomic E-state index is -0.408. The van der Waals surface area contributed by atoms with Crippen LogP contribution in [0.5, 0.6) is 0 Å². The minimum Gasteiger partial charge on any atom is -0.348 e. The lowest BCUT2D eigenvalue weighted by molar-refractivity contribution is -0.128. The first-order chi connectivity index (χ1) is 14.1. The first kappa shape index (κ1) is 19.4. The number of likely N-dealkylation sites (N-methyl/N-ethyl adjacent to an activating group) is 1. The second kappa shape index (κ2) is 8.63. The maximum absolute atomic E-state index is 13.0. The van der Waals surface area contributed by atoms with Crippen molar-refractivity contribution in [2.24, 2.45) is 0 Å². The van der Waals surface area contributed by atoms with Crippen molar-refractivity contribution in [1.82, 2.24) is 19.7 Å². The Morgan fingerprint density at radius 2 is 1.66 bits per heavy atom. The van der Waals surface area contributed by atoms with E-state index < -0.39 is 5.25 Å². The van der Waals surface area contributed by atoms with Crippen molar-refractivity contribution in [3.8, 4) is 16.4 Å². The number of carbonyl (C=O) groups is 1. The van der Waals surface area contributed by atoms with E-state index in [1.807, 2.05) is 82.7 Å². The van der Waals surface area contributed by atoms with Gasteiger partial charge in [-0.15, -0.1) is 21.5 Å². The van der Waals surface area contributed by atoms with Crippen LogP contribution in [0.4, 0.5) is 0 Å². The molecule has 4 aromatic rings. The number of hydrogen-bond donors (Lipinski definition) is 0. The summed E-state index contributed by atoms with van der Waals surface area (Å²) in [4.78, 5) is 15.6. The smallest absolute Gasteiger partial charge is 0.240 e. The van der Waals surface area contributed by atoms with Crippen LogP contribution in [0.15, 0.2) is 83.3 Å². The Morgan fingerprint density at radius 1 is 0.966 bits per heavy atom. The van der Waals surface area contributed by atoms with Gasteiger partial charge in [0.25, 0.3) is 0 Å². The Hall–Kier alpha value is -2.90. The molecule has 5 nitrogen and oxygen atoms in total. The van der Waals surface area contributed by atoms with Crippen molar-refractivity contribution in [3.63, 3.8) is 0 Å². The van der Waals surface area contributed by atoms with E-state index in [1.165, 1.54) is 11.8 Å². The van der Waals surface area contributed by atoms with Gasteiger partial charge in [0.1, 0.15) is 5.25 Å². The molecule has 0 N–H and O–H groups in total. The molecule has 0 aliphatic heterocycles. The third-order valence-electron chi connectivity index (χ3n) is 4.38. The summed E-state index contributed by atoms with van der Waals surface area (Å²) in [5, 5.41) is 11.2. The van der Waals surface area contributed by atoms with Gasteiger partial charge in [-0.25, -0.2) is 0 Å². The predicted molar refractivity (Wildman–Crippen MR) is 118 cm³/mol. The highest BCUT2D eigenvalue weighted by atomic mass is 32.2. The fourth-order valence-electron chi connectivity index (χ4n) is 2.95. The third kappa shape index (κ3) is 4.11. The Kier molecular flexibility index (Phi) is 5.78. The summed E-state index contributed by atoms with van der Waals surface area (Å²) in [7, 11) is 3.55. The number of thiophene rings is 1. The standard InChI is InChI=1S/C22H20N4OS2/c1-25(2)21(27)19(16-10-5-3-6-11-16)29-22-24-23-20(18-14-9-15-28-18)26(22)17-12-7-4-8-13-17/h3-15,19H,1-2H3/t19-/m0/s1. The van der Waals surface area contributed by atoms with Gasteiger partial charge in [-0.3, -0.25) is 9.36 Å². The number of rotatable bonds is 6. The number of amides is 1. The van der Waals surface area contributed by atoms with E-state index in [1.54, 1.807) is 30.3 Å². The van der Waals surface area contributed by atoms with E-state index in [0.29, 0.717) is 5.16 Å². The van der Waals surface area contributed by atoms with Gasteiger partial charge in [0, 0.05) is 19.8 Å². The Labute approximate surface area is 178 Å². The van der Waals surface area contributed by atoms with Crippen LogP contribution in [0, 0.1) is 0 Å². The molecule has 29 heavy (non-hydrogen) atoms. The van der Waals surface area contributed by atoms with Crippen LogP contribution in [0.1, 0.15) is 10.8 Å². The van der Waals surface area contributed by atoms with Gasteiger partial charge in [-0.1, -0.05) is 66.4 Å². The van der Waals surface area contributed by atoms with Gasteiger partial charge in [-0.2, -0.15) is 0 Å². The molecule has 2 aromatic heterocycles. The third-order valence-corrected chi connectivity index (χ3v) is 6.43. The zero-order valence-corrected chi connectivity index (χ0v) is 17.7. The fraction of sp³-hybridized carbons (Fsp3) is 0.136. The van der Waals surface area contributed by atoms with E-state index in [0.717, 1.165) is 22.0 Å². The van der Waals surface area contributed by atoms with Crippen LogP contribution >= 0.6 is 23.1 Å². The van der Waals surface area contributed by atoms with Gasteiger partial charge in [-0.05, 0) is 29.1 Å². The molecule has 2 aromatic carbocycles. The molecule has 0 bridgehead atoms. The second-order valence-corrected chi connectivity index (χ2v) is 8.62. The summed E-state index contributed by atoms with van der Waals surface area (Å²) in [6.07, 6.45) is 0. The van der Waals surface area contributed by atoms with Gasteiger partial charge < -0.3 is 4.90 Å². The molecule has 1 atom stereocenters. The number of benzene rings is 2. The van der Waals surface area contributed by atoms with Crippen LogP contribution in [-0.2, 0) is 4.79 Å². The molecule has 0 saturated heterocycles. The van der Waals surface area contributed by atoms with Crippen LogP contribution in [0.25, 0.3) is 16.4 Å². The van der Waals surface area contributed by atoms with E-state index in [4.69, 9.17) is 0 Å². The summed E-state index contributed by atoms with van der Waals surface area (Å²) in [6.45, 7) is 0. The topological polar surface area (TPSA) is 51.0 Å². The quantitative estimate of drug-likeness (QED) is 0.416. The largest absolute Gasteiger partial charge is 0.348 e. The molecule has 0 aliphatic rings. The molecule has 0 unspecified atom stereocenters. The van der Waals surface area contributed by atoms with Gasteiger partial charge >= 0.3 is 0 Å². The van der Waals surface area contributed by atoms with E-state index in [9.17, 15) is 4.79 Å². The monoisotopic (exact) mass is 420 g/mol. The van der Waals surface area contributed by atoms with E-state index in [-0.39, 0.29) is 5.91 Å². The van der Waals surface area contributed by atoms with Crippen LogP contribution in [0.3, 0.4) is 0 Å². The average molecular weight is 421 g/mol. The lowest BCUT2D eigenvalue weighted by Crippen LogP contribution is -2.27. The summed E-state index contributed by atoms with van der Waals surface area (Å²) in [6, 6.07) is 23.8. The molecule has 146 valence electrons. The average Bonchev–Trinajstić information content (AvgIpc) is 3.42.